The predicted octanol–water partition coefficient (Wildman–Crippen LogP) is 3.53. The first-order valence-corrected chi connectivity index (χ1v) is 8.46. The number of benzene rings is 1. The molecular formula is C19H22N2O3. The third kappa shape index (κ3) is 3.23. The Morgan fingerprint density at radius 2 is 1.62 bits per heavy atom. The van der Waals surface area contributed by atoms with E-state index in [0.29, 0.717) is 13.2 Å². The maximum atomic E-state index is 5.83. The fourth-order valence-corrected chi connectivity index (χ4v) is 3.22. The molecule has 0 amide bonds. The van der Waals surface area contributed by atoms with Gasteiger partial charge in [0.1, 0.15) is 17.3 Å². The first-order chi connectivity index (χ1) is 11.7. The second-order valence-corrected chi connectivity index (χ2v) is 6.36. The SMILES string of the molecule is Cc1ccc(Oc2ccc(N3CCC4(CC3)OCCO4)nc2)cc1. The summed E-state index contributed by atoms with van der Waals surface area (Å²) in [4.78, 5) is 6.82. The highest BCUT2D eigenvalue weighted by Gasteiger charge is 2.39. The van der Waals surface area contributed by atoms with Gasteiger partial charge in [0.25, 0.3) is 0 Å². The highest BCUT2D eigenvalue weighted by molar-refractivity contribution is 5.42. The molecule has 1 spiro atoms. The molecule has 2 fully saturated rings. The molecule has 24 heavy (non-hydrogen) atoms. The first-order valence-electron chi connectivity index (χ1n) is 8.46. The molecule has 2 aliphatic rings. The number of nitrogens with zero attached hydrogens (tertiary/aromatic N) is 2. The van der Waals surface area contributed by atoms with E-state index in [0.717, 1.165) is 43.2 Å². The summed E-state index contributed by atoms with van der Waals surface area (Å²) >= 11 is 0. The van der Waals surface area contributed by atoms with Crippen LogP contribution in [0.25, 0.3) is 0 Å². The average molecular weight is 326 g/mol. The van der Waals surface area contributed by atoms with E-state index < -0.39 is 0 Å². The minimum absolute atomic E-state index is 0.342. The van der Waals surface area contributed by atoms with Crippen LogP contribution in [0.5, 0.6) is 11.5 Å². The van der Waals surface area contributed by atoms with Gasteiger partial charge in [-0.3, -0.25) is 0 Å². The highest BCUT2D eigenvalue weighted by Crippen LogP contribution is 2.33. The number of aromatic nitrogens is 1. The van der Waals surface area contributed by atoms with Crippen LogP contribution >= 0.6 is 0 Å². The molecule has 5 nitrogen and oxygen atoms in total. The maximum absolute atomic E-state index is 5.83. The summed E-state index contributed by atoms with van der Waals surface area (Å²) in [6.07, 6.45) is 3.55. The summed E-state index contributed by atoms with van der Waals surface area (Å²) in [6.45, 7) is 5.27. The van der Waals surface area contributed by atoms with Crippen molar-refractivity contribution < 1.29 is 14.2 Å². The monoisotopic (exact) mass is 326 g/mol. The summed E-state index contributed by atoms with van der Waals surface area (Å²) in [5.74, 6) is 2.20. The van der Waals surface area contributed by atoms with Crippen molar-refractivity contribution >= 4 is 5.82 Å². The molecule has 0 bridgehead atoms. The van der Waals surface area contributed by atoms with Gasteiger partial charge >= 0.3 is 0 Å². The molecule has 2 aliphatic heterocycles. The van der Waals surface area contributed by atoms with Crippen LogP contribution in [0.1, 0.15) is 18.4 Å². The van der Waals surface area contributed by atoms with Crippen LogP contribution in [0, 0.1) is 6.92 Å². The van der Waals surface area contributed by atoms with Gasteiger partial charge in [-0.1, -0.05) is 17.7 Å². The second kappa shape index (κ2) is 6.42. The Morgan fingerprint density at radius 3 is 2.25 bits per heavy atom. The molecule has 0 N–H and O–H groups in total. The number of piperidine rings is 1. The zero-order chi connectivity index (χ0) is 16.4. The average Bonchev–Trinajstić information content (AvgIpc) is 3.07. The third-order valence-corrected chi connectivity index (χ3v) is 4.64. The van der Waals surface area contributed by atoms with Gasteiger partial charge in [-0.05, 0) is 31.2 Å². The summed E-state index contributed by atoms with van der Waals surface area (Å²) in [7, 11) is 0. The van der Waals surface area contributed by atoms with Gasteiger partial charge in [0.2, 0.25) is 0 Å². The van der Waals surface area contributed by atoms with Crippen LogP contribution in [0.3, 0.4) is 0 Å². The summed E-state index contributed by atoms with van der Waals surface area (Å²) in [5.41, 5.74) is 1.22. The van der Waals surface area contributed by atoms with Crippen molar-refractivity contribution in [1.29, 1.82) is 0 Å². The second-order valence-electron chi connectivity index (χ2n) is 6.36. The number of anilines is 1. The van der Waals surface area contributed by atoms with Crippen LogP contribution < -0.4 is 9.64 Å². The van der Waals surface area contributed by atoms with Crippen LogP contribution in [0.15, 0.2) is 42.6 Å². The molecule has 2 aromatic rings. The van der Waals surface area contributed by atoms with E-state index in [2.05, 4.69) is 16.8 Å². The molecule has 4 rings (SSSR count). The van der Waals surface area contributed by atoms with Gasteiger partial charge in [-0.15, -0.1) is 0 Å². The molecule has 0 unspecified atom stereocenters. The van der Waals surface area contributed by atoms with Crippen molar-refractivity contribution in [2.75, 3.05) is 31.2 Å². The standard InChI is InChI=1S/C19H22N2O3/c1-15-2-4-16(5-3-15)24-17-6-7-18(20-14-17)21-10-8-19(9-11-21)22-12-13-23-19/h2-7,14H,8-13H2,1H3. The first kappa shape index (κ1) is 15.4. The molecule has 2 saturated heterocycles. The largest absolute Gasteiger partial charge is 0.456 e. The Balaban J connectivity index is 1.38. The molecule has 3 heterocycles. The Bertz CT molecular complexity index is 669. The fourth-order valence-electron chi connectivity index (χ4n) is 3.22. The Hall–Kier alpha value is -2.11. The van der Waals surface area contributed by atoms with E-state index in [9.17, 15) is 0 Å². The number of pyridine rings is 1. The topological polar surface area (TPSA) is 43.8 Å². The highest BCUT2D eigenvalue weighted by atomic mass is 16.7. The maximum Gasteiger partial charge on any atom is 0.171 e. The van der Waals surface area contributed by atoms with E-state index in [1.165, 1.54) is 5.56 Å². The molecule has 5 heteroatoms. The van der Waals surface area contributed by atoms with E-state index >= 15 is 0 Å². The van der Waals surface area contributed by atoms with Crippen LogP contribution in [-0.4, -0.2) is 37.1 Å². The lowest BCUT2D eigenvalue weighted by Gasteiger charge is -2.38. The molecule has 126 valence electrons. The van der Waals surface area contributed by atoms with Crippen molar-refractivity contribution in [1.82, 2.24) is 4.98 Å². The van der Waals surface area contributed by atoms with Crippen molar-refractivity contribution in [2.24, 2.45) is 0 Å². The van der Waals surface area contributed by atoms with Crippen LogP contribution in [0.4, 0.5) is 5.82 Å². The van der Waals surface area contributed by atoms with Gasteiger partial charge in [0.15, 0.2) is 5.79 Å². The minimum Gasteiger partial charge on any atom is -0.456 e. The lowest BCUT2D eigenvalue weighted by Crippen LogP contribution is -2.45. The quantitative estimate of drug-likeness (QED) is 0.863. The summed E-state index contributed by atoms with van der Waals surface area (Å²) in [6, 6.07) is 12.0. The lowest BCUT2D eigenvalue weighted by molar-refractivity contribution is -0.169. The number of aryl methyl sites for hydroxylation is 1. The number of hydrogen-bond acceptors (Lipinski definition) is 5. The van der Waals surface area contributed by atoms with Gasteiger partial charge in [0.05, 0.1) is 19.4 Å². The van der Waals surface area contributed by atoms with E-state index in [1.54, 1.807) is 6.20 Å². The van der Waals surface area contributed by atoms with Gasteiger partial charge in [-0.25, -0.2) is 4.98 Å². The number of ether oxygens (including phenoxy) is 3. The fraction of sp³-hybridized carbons (Fsp3) is 0.421. The van der Waals surface area contributed by atoms with E-state index in [4.69, 9.17) is 14.2 Å². The molecule has 0 saturated carbocycles. The molecule has 0 radical (unpaired) electrons. The molecule has 0 aliphatic carbocycles. The Kier molecular flexibility index (Phi) is 4.12. The molecule has 0 atom stereocenters. The van der Waals surface area contributed by atoms with E-state index in [1.807, 2.05) is 36.4 Å². The zero-order valence-electron chi connectivity index (χ0n) is 13.9. The molecular weight excluding hydrogens is 304 g/mol. The minimum atomic E-state index is -0.342. The summed E-state index contributed by atoms with van der Waals surface area (Å²) in [5, 5.41) is 0. The molecule has 1 aromatic carbocycles. The van der Waals surface area contributed by atoms with E-state index in [-0.39, 0.29) is 5.79 Å². The Morgan fingerprint density at radius 1 is 0.958 bits per heavy atom. The third-order valence-electron chi connectivity index (χ3n) is 4.64. The van der Waals surface area contributed by atoms with Crippen LogP contribution in [0.2, 0.25) is 0 Å². The van der Waals surface area contributed by atoms with Crippen molar-refractivity contribution in [2.45, 2.75) is 25.6 Å². The van der Waals surface area contributed by atoms with Gasteiger partial charge in [0, 0.05) is 25.9 Å². The van der Waals surface area contributed by atoms with Crippen molar-refractivity contribution in [3.63, 3.8) is 0 Å². The van der Waals surface area contributed by atoms with Crippen LogP contribution in [-0.2, 0) is 9.47 Å². The van der Waals surface area contributed by atoms with Crippen molar-refractivity contribution in [3.05, 3.63) is 48.2 Å². The normalized spacial score (nSPS) is 19.6. The zero-order valence-corrected chi connectivity index (χ0v) is 13.9. The predicted molar refractivity (Wildman–Crippen MR) is 91.6 cm³/mol. The smallest absolute Gasteiger partial charge is 0.171 e. The van der Waals surface area contributed by atoms with Gasteiger partial charge < -0.3 is 19.1 Å². The van der Waals surface area contributed by atoms with Gasteiger partial charge in [-0.2, -0.15) is 0 Å². The number of rotatable bonds is 3. The lowest BCUT2D eigenvalue weighted by atomic mass is 10.0. The van der Waals surface area contributed by atoms with Crippen molar-refractivity contribution in [3.8, 4) is 11.5 Å². The molecule has 1 aromatic heterocycles. The Labute approximate surface area is 142 Å². The number of hydrogen-bond donors (Lipinski definition) is 0. The summed E-state index contributed by atoms with van der Waals surface area (Å²) < 4.78 is 17.4.